The van der Waals surface area contributed by atoms with Gasteiger partial charge in [-0.25, -0.2) is 0 Å². The van der Waals surface area contributed by atoms with Crippen LogP contribution in [0, 0.1) is 13.3 Å². The summed E-state index contributed by atoms with van der Waals surface area (Å²) in [5.74, 6) is -0.130. The molecule has 3 nitrogen and oxygen atoms in total. The molecule has 0 heterocycles. The number of hydrogen-bond acceptors (Lipinski definition) is 2. The van der Waals surface area contributed by atoms with Gasteiger partial charge in [-0.15, -0.1) is 0 Å². The van der Waals surface area contributed by atoms with Crippen molar-refractivity contribution >= 4 is 11.6 Å². The molecule has 0 atom stereocenters. The average Bonchev–Trinajstić information content (AvgIpc) is 2.42. The fraction of sp³-hybridized carbons (Fsp3) is 0.125. The minimum absolute atomic E-state index is 0.0847. The Morgan fingerprint density at radius 3 is 2.58 bits per heavy atom. The van der Waals surface area contributed by atoms with Crippen molar-refractivity contribution in [3.8, 4) is 5.75 Å². The predicted octanol–water partition coefficient (Wildman–Crippen LogP) is 3.09. The first-order valence-corrected chi connectivity index (χ1v) is 6.13. The summed E-state index contributed by atoms with van der Waals surface area (Å²) in [4.78, 5) is 11.8. The highest BCUT2D eigenvalue weighted by molar-refractivity contribution is 5.99. The van der Waals surface area contributed by atoms with Gasteiger partial charge in [-0.3, -0.25) is 4.79 Å². The number of para-hydroxylation sites is 1. The lowest BCUT2D eigenvalue weighted by atomic mass is 10.1. The molecule has 0 aliphatic heterocycles. The lowest BCUT2D eigenvalue weighted by Crippen LogP contribution is -2.14. The van der Waals surface area contributed by atoms with Crippen molar-refractivity contribution in [3.63, 3.8) is 0 Å². The van der Waals surface area contributed by atoms with Gasteiger partial charge in [0, 0.05) is 0 Å². The summed E-state index contributed by atoms with van der Waals surface area (Å²) < 4.78 is 0. The monoisotopic (exact) mass is 254 g/mol. The van der Waals surface area contributed by atoms with E-state index in [-0.39, 0.29) is 11.7 Å². The van der Waals surface area contributed by atoms with E-state index in [1.807, 2.05) is 43.3 Å². The summed E-state index contributed by atoms with van der Waals surface area (Å²) in [7, 11) is 0. The predicted molar refractivity (Wildman–Crippen MR) is 75.9 cm³/mol. The highest BCUT2D eigenvalue weighted by Gasteiger charge is 2.09. The largest absolute Gasteiger partial charge is 0.506 e. The highest BCUT2D eigenvalue weighted by Crippen LogP contribution is 2.26. The third kappa shape index (κ3) is 3.58. The first kappa shape index (κ1) is 13.1. The van der Waals surface area contributed by atoms with Crippen molar-refractivity contribution in [2.45, 2.75) is 13.3 Å². The van der Waals surface area contributed by atoms with Crippen LogP contribution < -0.4 is 5.32 Å². The van der Waals surface area contributed by atoms with Crippen LogP contribution in [0.25, 0.3) is 0 Å². The fourth-order valence-corrected chi connectivity index (χ4v) is 1.81. The minimum Gasteiger partial charge on any atom is -0.506 e. The molecule has 2 aromatic carbocycles. The summed E-state index contributed by atoms with van der Waals surface area (Å²) in [5.41, 5.74) is 2.38. The Hall–Kier alpha value is -2.29. The van der Waals surface area contributed by atoms with Gasteiger partial charge in [0.1, 0.15) is 5.75 Å². The molecule has 0 bridgehead atoms. The van der Waals surface area contributed by atoms with Crippen molar-refractivity contribution in [2.75, 3.05) is 5.32 Å². The zero-order chi connectivity index (χ0) is 13.7. The molecule has 1 radical (unpaired) electrons. The van der Waals surface area contributed by atoms with Crippen LogP contribution in [0.3, 0.4) is 0 Å². The SMILES string of the molecule is Cc1cccc(O)c1NC(=O)[CH]Cc1ccccc1. The molecule has 2 rings (SSSR count). The number of hydrogen-bond donors (Lipinski definition) is 2. The molecule has 19 heavy (non-hydrogen) atoms. The lowest BCUT2D eigenvalue weighted by Gasteiger charge is -2.09. The number of amides is 1. The van der Waals surface area contributed by atoms with Gasteiger partial charge in [0.05, 0.1) is 12.1 Å². The molecule has 0 fully saturated rings. The van der Waals surface area contributed by atoms with Gasteiger partial charge < -0.3 is 10.4 Å². The van der Waals surface area contributed by atoms with Crippen LogP contribution in [0.4, 0.5) is 5.69 Å². The number of anilines is 1. The Labute approximate surface area is 112 Å². The van der Waals surface area contributed by atoms with E-state index in [0.29, 0.717) is 12.1 Å². The maximum atomic E-state index is 11.8. The third-order valence-corrected chi connectivity index (χ3v) is 2.86. The van der Waals surface area contributed by atoms with Crippen molar-refractivity contribution in [1.29, 1.82) is 0 Å². The van der Waals surface area contributed by atoms with E-state index in [0.717, 1.165) is 11.1 Å². The topological polar surface area (TPSA) is 49.3 Å². The summed E-state index contributed by atoms with van der Waals surface area (Å²) in [6, 6.07) is 14.9. The van der Waals surface area contributed by atoms with Crippen LogP contribution in [0.15, 0.2) is 48.5 Å². The van der Waals surface area contributed by atoms with Gasteiger partial charge >= 0.3 is 0 Å². The van der Waals surface area contributed by atoms with Crippen molar-refractivity contribution < 1.29 is 9.90 Å². The first-order chi connectivity index (χ1) is 9.16. The van der Waals surface area contributed by atoms with Crippen LogP contribution in [0.2, 0.25) is 0 Å². The second-order valence-electron chi connectivity index (χ2n) is 4.35. The van der Waals surface area contributed by atoms with Crippen LogP contribution >= 0.6 is 0 Å². The molecule has 2 aromatic rings. The molecule has 0 spiro atoms. The number of carbonyl (C=O) groups excluding carboxylic acids is 1. The summed E-state index contributed by atoms with van der Waals surface area (Å²) in [6.07, 6.45) is 2.14. The van der Waals surface area contributed by atoms with Gasteiger partial charge in [0.25, 0.3) is 0 Å². The van der Waals surface area contributed by atoms with E-state index >= 15 is 0 Å². The Balaban J connectivity index is 1.95. The Morgan fingerprint density at radius 2 is 1.89 bits per heavy atom. The van der Waals surface area contributed by atoms with E-state index < -0.39 is 0 Å². The van der Waals surface area contributed by atoms with Crippen LogP contribution in [0.1, 0.15) is 11.1 Å². The van der Waals surface area contributed by atoms with Crippen molar-refractivity contribution in [1.82, 2.24) is 0 Å². The van der Waals surface area contributed by atoms with Gasteiger partial charge in [0.15, 0.2) is 0 Å². The molecule has 97 valence electrons. The van der Waals surface area contributed by atoms with E-state index in [9.17, 15) is 9.90 Å². The van der Waals surface area contributed by atoms with E-state index in [1.54, 1.807) is 18.6 Å². The lowest BCUT2D eigenvalue weighted by molar-refractivity contribution is -0.113. The van der Waals surface area contributed by atoms with Gasteiger partial charge in [-0.05, 0) is 30.5 Å². The number of carbonyl (C=O) groups is 1. The van der Waals surface area contributed by atoms with Crippen molar-refractivity contribution in [3.05, 3.63) is 66.1 Å². The van der Waals surface area contributed by atoms with Gasteiger partial charge in [-0.2, -0.15) is 0 Å². The number of rotatable bonds is 4. The summed E-state index contributed by atoms with van der Waals surface area (Å²) in [5, 5.41) is 12.4. The molecule has 0 aromatic heterocycles. The normalized spacial score (nSPS) is 10.2. The zero-order valence-electron chi connectivity index (χ0n) is 10.8. The number of phenolic OH excluding ortho intramolecular Hbond substituents is 1. The third-order valence-electron chi connectivity index (χ3n) is 2.86. The molecular formula is C16H16NO2. The number of benzene rings is 2. The standard InChI is InChI=1S/C16H16NO2/c1-12-6-5-9-14(18)16(12)17-15(19)11-10-13-7-3-2-4-8-13/h2-9,11,18H,10H2,1H3,(H,17,19). The molecule has 0 aliphatic carbocycles. The molecule has 3 heteroatoms. The van der Waals surface area contributed by atoms with Crippen LogP contribution in [0.5, 0.6) is 5.75 Å². The number of aryl methyl sites for hydroxylation is 1. The highest BCUT2D eigenvalue weighted by atomic mass is 16.3. The molecular weight excluding hydrogens is 238 g/mol. The van der Waals surface area contributed by atoms with Gasteiger partial charge in [-0.1, -0.05) is 42.5 Å². The Morgan fingerprint density at radius 1 is 1.16 bits per heavy atom. The van der Waals surface area contributed by atoms with Crippen LogP contribution in [-0.2, 0) is 11.2 Å². The Bertz CT molecular complexity index is 544. The number of phenols is 1. The fourth-order valence-electron chi connectivity index (χ4n) is 1.81. The number of nitrogens with one attached hydrogen (secondary N) is 1. The van der Waals surface area contributed by atoms with Crippen LogP contribution in [-0.4, -0.2) is 11.0 Å². The van der Waals surface area contributed by atoms with Crippen molar-refractivity contribution in [2.24, 2.45) is 0 Å². The molecule has 2 N–H and O–H groups in total. The van der Waals surface area contributed by atoms with Gasteiger partial charge in [0.2, 0.25) is 5.91 Å². The molecule has 0 saturated heterocycles. The molecule has 0 saturated carbocycles. The quantitative estimate of drug-likeness (QED) is 0.824. The summed E-state index contributed by atoms with van der Waals surface area (Å²) >= 11 is 0. The molecule has 0 aliphatic rings. The smallest absolute Gasteiger partial charge is 0.228 e. The van der Waals surface area contributed by atoms with E-state index in [2.05, 4.69) is 5.32 Å². The zero-order valence-corrected chi connectivity index (χ0v) is 10.8. The maximum absolute atomic E-state index is 11.8. The second kappa shape index (κ2) is 6.05. The number of aromatic hydroxyl groups is 1. The second-order valence-corrected chi connectivity index (χ2v) is 4.35. The molecule has 0 unspecified atom stereocenters. The minimum atomic E-state index is -0.214. The summed E-state index contributed by atoms with van der Waals surface area (Å²) in [6.45, 7) is 1.84. The maximum Gasteiger partial charge on any atom is 0.228 e. The first-order valence-electron chi connectivity index (χ1n) is 6.13. The van der Waals surface area contributed by atoms with E-state index in [1.165, 1.54) is 0 Å². The van der Waals surface area contributed by atoms with E-state index in [4.69, 9.17) is 0 Å². The average molecular weight is 254 g/mol. The Kier molecular flexibility index (Phi) is 4.18. The molecule has 1 amide bonds.